The van der Waals surface area contributed by atoms with Crippen LogP contribution in [0, 0.1) is 0 Å². The second-order valence-electron chi connectivity index (χ2n) is 3.11. The summed E-state index contributed by atoms with van der Waals surface area (Å²) in [5, 5.41) is 12.5. The lowest BCUT2D eigenvalue weighted by Gasteiger charge is -2.05. The number of nitrogens with zero attached hydrogens (tertiary/aromatic N) is 3. The average molecular weight is 246 g/mol. The number of oxime groups is 1. The highest BCUT2D eigenvalue weighted by Crippen LogP contribution is 2.27. The Morgan fingerprint density at radius 2 is 2.00 bits per heavy atom. The van der Waals surface area contributed by atoms with Gasteiger partial charge in [0.1, 0.15) is 10.7 Å². The average Bonchev–Trinajstić information content (AvgIpc) is 2.40. The fraction of sp³-hybridized carbons (Fsp3) is 0. The third-order valence-electron chi connectivity index (χ3n) is 1.97. The van der Waals surface area contributed by atoms with Gasteiger partial charge in [0.15, 0.2) is 5.84 Å². The van der Waals surface area contributed by atoms with Crippen molar-refractivity contribution in [3.8, 4) is 0 Å². The number of nitrogens with two attached hydrogens (primary N) is 1. The van der Waals surface area contributed by atoms with Gasteiger partial charge < -0.3 is 10.9 Å². The first kappa shape index (κ1) is 11.4. The van der Waals surface area contributed by atoms with Crippen LogP contribution in [0.2, 0.25) is 0 Å². The molecule has 5 nitrogen and oxygen atoms in total. The molecule has 2 heterocycles. The number of amidine groups is 1. The van der Waals surface area contributed by atoms with Gasteiger partial charge in [0.05, 0.1) is 0 Å². The molecule has 0 saturated heterocycles. The first-order valence-electron chi connectivity index (χ1n) is 4.83. The van der Waals surface area contributed by atoms with Crippen molar-refractivity contribution in [2.45, 2.75) is 9.92 Å². The number of hydrogen-bond donors (Lipinski definition) is 2. The third-order valence-corrected chi connectivity index (χ3v) is 2.97. The zero-order chi connectivity index (χ0) is 12.1. The summed E-state index contributed by atoms with van der Waals surface area (Å²) in [6.45, 7) is 0. The van der Waals surface area contributed by atoms with Gasteiger partial charge in [-0.15, -0.1) is 0 Å². The third kappa shape index (κ3) is 2.73. The molecule has 17 heavy (non-hydrogen) atoms. The van der Waals surface area contributed by atoms with Gasteiger partial charge in [0.25, 0.3) is 0 Å². The molecule has 0 aliphatic heterocycles. The van der Waals surface area contributed by atoms with E-state index in [1.807, 2.05) is 24.3 Å². The second kappa shape index (κ2) is 5.31. The smallest absolute Gasteiger partial charge is 0.189 e. The molecule has 2 aromatic heterocycles. The van der Waals surface area contributed by atoms with Crippen LogP contribution in [0.5, 0.6) is 0 Å². The molecule has 0 fully saturated rings. The Morgan fingerprint density at radius 3 is 2.71 bits per heavy atom. The summed E-state index contributed by atoms with van der Waals surface area (Å²) in [6.07, 6.45) is 3.30. The van der Waals surface area contributed by atoms with Gasteiger partial charge in [-0.3, -0.25) is 4.98 Å². The molecule has 0 radical (unpaired) electrons. The molecule has 0 bridgehead atoms. The molecule has 0 saturated carbocycles. The molecule has 0 aromatic carbocycles. The maximum atomic E-state index is 8.68. The Bertz CT molecular complexity index is 530. The van der Waals surface area contributed by atoms with E-state index in [0.717, 1.165) is 9.92 Å². The van der Waals surface area contributed by atoms with Crippen molar-refractivity contribution < 1.29 is 5.21 Å². The molecule has 0 aliphatic carbocycles. The van der Waals surface area contributed by atoms with Crippen molar-refractivity contribution in [2.75, 3.05) is 0 Å². The van der Waals surface area contributed by atoms with E-state index in [1.165, 1.54) is 11.8 Å². The summed E-state index contributed by atoms with van der Waals surface area (Å²) in [4.78, 5) is 9.07. The molecule has 0 spiro atoms. The Hall–Kier alpha value is -2.08. The van der Waals surface area contributed by atoms with Crippen molar-refractivity contribution in [3.63, 3.8) is 0 Å². The lowest BCUT2D eigenvalue weighted by molar-refractivity contribution is 0.318. The fourth-order valence-corrected chi connectivity index (χ4v) is 2.12. The summed E-state index contributed by atoms with van der Waals surface area (Å²) < 4.78 is 0. The van der Waals surface area contributed by atoms with Crippen LogP contribution in [-0.2, 0) is 0 Å². The Labute approximate surface area is 102 Å². The predicted molar refractivity (Wildman–Crippen MR) is 65.1 cm³/mol. The highest BCUT2D eigenvalue weighted by molar-refractivity contribution is 7.99. The summed E-state index contributed by atoms with van der Waals surface area (Å²) in [6, 6.07) is 9.26. The van der Waals surface area contributed by atoms with E-state index >= 15 is 0 Å². The minimum Gasteiger partial charge on any atom is -0.409 e. The Morgan fingerprint density at radius 1 is 1.18 bits per heavy atom. The number of hydrogen-bond acceptors (Lipinski definition) is 5. The molecule has 0 aliphatic rings. The molecule has 0 atom stereocenters. The second-order valence-corrected chi connectivity index (χ2v) is 4.17. The first-order chi connectivity index (χ1) is 8.31. The van der Waals surface area contributed by atoms with E-state index in [9.17, 15) is 0 Å². The maximum absolute atomic E-state index is 8.68. The van der Waals surface area contributed by atoms with Crippen LogP contribution < -0.4 is 5.73 Å². The number of rotatable bonds is 3. The van der Waals surface area contributed by atoms with Crippen molar-refractivity contribution in [1.29, 1.82) is 0 Å². The summed E-state index contributed by atoms with van der Waals surface area (Å²) in [7, 11) is 0. The van der Waals surface area contributed by atoms with Crippen LogP contribution in [0.15, 0.2) is 57.8 Å². The SMILES string of the molecule is N/C(=N/O)c1ncccc1Sc1ccccn1. The molecular formula is C11H10N4OS. The predicted octanol–water partition coefficient (Wildman–Crippen LogP) is 1.72. The van der Waals surface area contributed by atoms with Gasteiger partial charge in [-0.25, -0.2) is 4.98 Å². The molecule has 6 heteroatoms. The van der Waals surface area contributed by atoms with Gasteiger partial charge >= 0.3 is 0 Å². The van der Waals surface area contributed by atoms with Crippen molar-refractivity contribution >= 4 is 17.6 Å². The van der Waals surface area contributed by atoms with E-state index in [0.29, 0.717) is 5.69 Å². The zero-order valence-electron chi connectivity index (χ0n) is 8.82. The zero-order valence-corrected chi connectivity index (χ0v) is 9.63. The Balaban J connectivity index is 2.33. The summed E-state index contributed by atoms with van der Waals surface area (Å²) >= 11 is 1.41. The largest absolute Gasteiger partial charge is 0.409 e. The van der Waals surface area contributed by atoms with Crippen LogP contribution in [0.1, 0.15) is 5.69 Å². The molecule has 2 aromatic rings. The highest BCUT2D eigenvalue weighted by atomic mass is 32.2. The van der Waals surface area contributed by atoms with Crippen LogP contribution in [-0.4, -0.2) is 21.0 Å². The summed E-state index contributed by atoms with van der Waals surface area (Å²) in [5.41, 5.74) is 6.00. The minimum atomic E-state index is -0.0102. The van der Waals surface area contributed by atoms with Crippen LogP contribution in [0.3, 0.4) is 0 Å². The highest BCUT2D eigenvalue weighted by Gasteiger charge is 2.09. The van der Waals surface area contributed by atoms with E-state index in [2.05, 4.69) is 15.1 Å². The van der Waals surface area contributed by atoms with Crippen molar-refractivity contribution in [3.05, 3.63) is 48.4 Å². The van der Waals surface area contributed by atoms with Crippen LogP contribution in [0.25, 0.3) is 0 Å². The molecule has 0 amide bonds. The molecule has 0 unspecified atom stereocenters. The van der Waals surface area contributed by atoms with E-state index in [1.54, 1.807) is 18.5 Å². The quantitative estimate of drug-likeness (QED) is 0.373. The molecule has 86 valence electrons. The Kier molecular flexibility index (Phi) is 3.56. The standard InChI is InChI=1S/C11H10N4OS/c12-11(15-16)10-8(4-3-7-14-10)17-9-5-1-2-6-13-9/h1-7,16H,(H2,12,15). The lowest BCUT2D eigenvalue weighted by atomic mass is 10.3. The van der Waals surface area contributed by atoms with Gasteiger partial charge in [0.2, 0.25) is 0 Å². The molecule has 3 N–H and O–H groups in total. The monoisotopic (exact) mass is 246 g/mol. The lowest BCUT2D eigenvalue weighted by Crippen LogP contribution is -2.16. The first-order valence-corrected chi connectivity index (χ1v) is 5.64. The topological polar surface area (TPSA) is 84.4 Å². The summed E-state index contributed by atoms with van der Waals surface area (Å²) in [5.74, 6) is -0.0102. The minimum absolute atomic E-state index is 0.0102. The van der Waals surface area contributed by atoms with Crippen molar-refractivity contribution in [2.24, 2.45) is 10.9 Å². The van der Waals surface area contributed by atoms with E-state index in [4.69, 9.17) is 10.9 Å². The van der Waals surface area contributed by atoms with Crippen LogP contribution >= 0.6 is 11.8 Å². The van der Waals surface area contributed by atoms with Gasteiger partial charge in [-0.05, 0) is 24.3 Å². The van der Waals surface area contributed by atoms with Crippen molar-refractivity contribution in [1.82, 2.24) is 9.97 Å². The van der Waals surface area contributed by atoms with Gasteiger partial charge in [-0.2, -0.15) is 0 Å². The fourth-order valence-electron chi connectivity index (χ4n) is 1.23. The normalized spacial score (nSPS) is 11.4. The maximum Gasteiger partial charge on any atom is 0.189 e. The van der Waals surface area contributed by atoms with Gasteiger partial charge in [0, 0.05) is 17.3 Å². The number of pyridine rings is 2. The molecular weight excluding hydrogens is 236 g/mol. The van der Waals surface area contributed by atoms with E-state index < -0.39 is 0 Å². The van der Waals surface area contributed by atoms with E-state index in [-0.39, 0.29) is 5.84 Å². The van der Waals surface area contributed by atoms with Crippen LogP contribution in [0.4, 0.5) is 0 Å². The number of aromatic nitrogens is 2. The van der Waals surface area contributed by atoms with Gasteiger partial charge in [-0.1, -0.05) is 23.0 Å². The molecule has 2 rings (SSSR count).